The molecule has 2 heterocycles. The van der Waals surface area contributed by atoms with E-state index in [1.807, 2.05) is 0 Å². The zero-order valence-electron chi connectivity index (χ0n) is 10.5. The highest BCUT2D eigenvalue weighted by Crippen LogP contribution is 2.33. The second kappa shape index (κ2) is 5.40. The molecule has 0 amide bonds. The van der Waals surface area contributed by atoms with E-state index in [1.165, 1.54) is 6.92 Å². The highest BCUT2D eigenvalue weighted by molar-refractivity contribution is 6.36. The lowest BCUT2D eigenvalue weighted by molar-refractivity contribution is -0.137. The number of hydrogen-bond acceptors (Lipinski definition) is 5. The summed E-state index contributed by atoms with van der Waals surface area (Å²) in [6.07, 6.45) is -4.81. The number of carbonyl (C=O) groups is 1. The van der Waals surface area contributed by atoms with Crippen molar-refractivity contribution in [2.75, 3.05) is 5.32 Å². The van der Waals surface area contributed by atoms with Crippen LogP contribution in [0, 0.1) is 5.92 Å². The maximum Gasteiger partial charge on any atom is 0.417 e. The summed E-state index contributed by atoms with van der Waals surface area (Å²) < 4.78 is 37.4. The van der Waals surface area contributed by atoms with Crippen LogP contribution in [0.4, 0.5) is 19.0 Å². The van der Waals surface area contributed by atoms with Gasteiger partial charge in [0.1, 0.15) is 5.82 Å². The topological polar surface area (TPSA) is 83.8 Å². The standard InChI is InChI=1S/C11H9ClF3N3O3/c1-4-7(10(19)20)18-21-9(4)17-8-6(12)2-5(3-16-8)11(13,14)15/h2-4,9H,1H3,(H,16,17)(H,19,20)/t4-,9-/m0/s1. The predicted molar refractivity (Wildman–Crippen MR) is 67.0 cm³/mol. The van der Waals surface area contributed by atoms with Crippen molar-refractivity contribution >= 4 is 29.1 Å². The molecule has 1 aromatic heterocycles. The van der Waals surface area contributed by atoms with E-state index in [4.69, 9.17) is 21.5 Å². The minimum absolute atomic E-state index is 0.0524. The first-order chi connectivity index (χ1) is 9.70. The van der Waals surface area contributed by atoms with Crippen LogP contribution in [0.25, 0.3) is 0 Å². The predicted octanol–water partition coefficient (Wildman–Crippen LogP) is 2.60. The van der Waals surface area contributed by atoms with E-state index >= 15 is 0 Å². The zero-order chi connectivity index (χ0) is 15.8. The average Bonchev–Trinajstić information content (AvgIpc) is 2.72. The van der Waals surface area contributed by atoms with Gasteiger partial charge in [0.05, 0.1) is 16.5 Å². The second-order valence-electron chi connectivity index (χ2n) is 4.29. The first-order valence-electron chi connectivity index (χ1n) is 5.66. The van der Waals surface area contributed by atoms with E-state index in [0.29, 0.717) is 6.20 Å². The van der Waals surface area contributed by atoms with Crippen LogP contribution < -0.4 is 5.32 Å². The third-order valence-electron chi connectivity index (χ3n) is 2.82. The maximum absolute atomic E-state index is 12.5. The number of rotatable bonds is 3. The van der Waals surface area contributed by atoms with Crippen LogP contribution in [0.15, 0.2) is 17.4 Å². The van der Waals surface area contributed by atoms with Gasteiger partial charge < -0.3 is 15.3 Å². The minimum Gasteiger partial charge on any atom is -0.477 e. The molecule has 1 aliphatic heterocycles. The molecule has 1 aliphatic rings. The fourth-order valence-corrected chi connectivity index (χ4v) is 1.87. The normalized spacial score (nSPS) is 21.7. The Labute approximate surface area is 121 Å². The Morgan fingerprint density at radius 1 is 1.52 bits per heavy atom. The number of oxime groups is 1. The number of pyridine rings is 1. The van der Waals surface area contributed by atoms with Crippen molar-refractivity contribution in [1.29, 1.82) is 0 Å². The molecular formula is C11H9ClF3N3O3. The summed E-state index contributed by atoms with van der Waals surface area (Å²) in [5.74, 6) is -1.91. The molecular weight excluding hydrogens is 315 g/mol. The lowest BCUT2D eigenvalue weighted by Crippen LogP contribution is -2.31. The number of nitrogens with zero attached hydrogens (tertiary/aromatic N) is 2. The van der Waals surface area contributed by atoms with Crippen molar-refractivity contribution in [3.63, 3.8) is 0 Å². The van der Waals surface area contributed by atoms with Gasteiger partial charge >= 0.3 is 12.1 Å². The van der Waals surface area contributed by atoms with Gasteiger partial charge in [-0.05, 0) is 6.07 Å². The second-order valence-corrected chi connectivity index (χ2v) is 4.70. The number of aliphatic carboxylic acids is 1. The van der Waals surface area contributed by atoms with Gasteiger partial charge in [0.25, 0.3) is 0 Å². The molecule has 0 fully saturated rings. The highest BCUT2D eigenvalue weighted by atomic mass is 35.5. The molecule has 0 saturated heterocycles. The first kappa shape index (κ1) is 15.4. The molecule has 0 aliphatic carbocycles. The molecule has 1 aromatic rings. The lowest BCUT2D eigenvalue weighted by Gasteiger charge is -2.17. The maximum atomic E-state index is 12.5. The van der Waals surface area contributed by atoms with Crippen LogP contribution in [0.5, 0.6) is 0 Å². The Morgan fingerprint density at radius 3 is 2.67 bits per heavy atom. The molecule has 0 saturated carbocycles. The first-order valence-corrected chi connectivity index (χ1v) is 6.04. The fourth-order valence-electron chi connectivity index (χ4n) is 1.65. The van der Waals surface area contributed by atoms with E-state index in [9.17, 15) is 18.0 Å². The van der Waals surface area contributed by atoms with Crippen LogP contribution in [-0.4, -0.2) is 28.0 Å². The number of aromatic nitrogens is 1. The van der Waals surface area contributed by atoms with Crippen LogP contribution in [-0.2, 0) is 15.8 Å². The van der Waals surface area contributed by atoms with Crippen molar-refractivity contribution in [1.82, 2.24) is 4.98 Å². The van der Waals surface area contributed by atoms with Crippen LogP contribution >= 0.6 is 11.6 Å². The van der Waals surface area contributed by atoms with Crippen molar-refractivity contribution in [2.24, 2.45) is 11.1 Å². The number of carboxylic acid groups (broad SMARTS) is 1. The molecule has 0 aromatic carbocycles. The van der Waals surface area contributed by atoms with E-state index in [-0.39, 0.29) is 16.6 Å². The third-order valence-corrected chi connectivity index (χ3v) is 3.10. The van der Waals surface area contributed by atoms with Crippen molar-refractivity contribution in [3.8, 4) is 0 Å². The smallest absolute Gasteiger partial charge is 0.417 e. The quantitative estimate of drug-likeness (QED) is 0.893. The molecule has 2 rings (SSSR count). The van der Waals surface area contributed by atoms with Crippen molar-refractivity contribution < 1.29 is 27.9 Å². The van der Waals surface area contributed by atoms with Gasteiger partial charge in [0.15, 0.2) is 5.71 Å². The molecule has 0 bridgehead atoms. The number of hydrogen-bond donors (Lipinski definition) is 2. The third kappa shape index (κ3) is 3.18. The van der Waals surface area contributed by atoms with Crippen LogP contribution in [0.2, 0.25) is 5.02 Å². The van der Waals surface area contributed by atoms with E-state index in [1.54, 1.807) is 0 Å². The summed E-state index contributed by atoms with van der Waals surface area (Å²) in [6.45, 7) is 1.54. The number of nitrogens with one attached hydrogen (secondary N) is 1. The molecule has 2 N–H and O–H groups in total. The Bertz CT molecular complexity index is 606. The summed E-state index contributed by atoms with van der Waals surface area (Å²) in [6, 6.07) is 0.718. The molecule has 114 valence electrons. The number of alkyl halides is 3. The van der Waals surface area contributed by atoms with Crippen LogP contribution in [0.3, 0.4) is 0 Å². The summed E-state index contributed by atoms with van der Waals surface area (Å²) in [7, 11) is 0. The summed E-state index contributed by atoms with van der Waals surface area (Å²) in [4.78, 5) is 19.3. The van der Waals surface area contributed by atoms with Gasteiger partial charge in [-0.15, -0.1) is 0 Å². The molecule has 6 nitrogen and oxygen atoms in total. The summed E-state index contributed by atoms with van der Waals surface area (Å²) in [5, 5.41) is 14.6. The monoisotopic (exact) mass is 323 g/mol. The highest BCUT2D eigenvalue weighted by Gasteiger charge is 2.36. The number of carboxylic acids is 1. The Morgan fingerprint density at radius 2 is 2.19 bits per heavy atom. The zero-order valence-corrected chi connectivity index (χ0v) is 11.2. The van der Waals surface area contributed by atoms with Gasteiger partial charge in [-0.25, -0.2) is 9.78 Å². The van der Waals surface area contributed by atoms with Gasteiger partial charge in [0.2, 0.25) is 6.23 Å². The molecule has 0 spiro atoms. The summed E-state index contributed by atoms with van der Waals surface area (Å²) >= 11 is 5.73. The molecule has 0 radical (unpaired) electrons. The van der Waals surface area contributed by atoms with Gasteiger partial charge in [0, 0.05) is 6.20 Å². The number of halogens is 4. The summed E-state index contributed by atoms with van der Waals surface area (Å²) in [5.41, 5.74) is -1.18. The van der Waals surface area contributed by atoms with Crippen molar-refractivity contribution in [2.45, 2.75) is 19.3 Å². The molecule has 10 heteroatoms. The van der Waals surface area contributed by atoms with E-state index < -0.39 is 29.9 Å². The van der Waals surface area contributed by atoms with Gasteiger partial charge in [-0.1, -0.05) is 23.7 Å². The average molecular weight is 324 g/mol. The van der Waals surface area contributed by atoms with Gasteiger partial charge in [-0.3, -0.25) is 0 Å². The Balaban J connectivity index is 2.14. The number of anilines is 1. The fraction of sp³-hybridized carbons (Fsp3) is 0.364. The Hall–Kier alpha value is -2.03. The Kier molecular flexibility index (Phi) is 3.95. The minimum atomic E-state index is -4.55. The lowest BCUT2D eigenvalue weighted by atomic mass is 10.1. The van der Waals surface area contributed by atoms with Gasteiger partial charge in [-0.2, -0.15) is 13.2 Å². The van der Waals surface area contributed by atoms with E-state index in [0.717, 1.165) is 6.07 Å². The molecule has 2 atom stereocenters. The molecule has 21 heavy (non-hydrogen) atoms. The van der Waals surface area contributed by atoms with Crippen molar-refractivity contribution in [3.05, 3.63) is 22.8 Å². The van der Waals surface area contributed by atoms with Crippen LogP contribution in [0.1, 0.15) is 12.5 Å². The molecule has 0 unspecified atom stereocenters. The van der Waals surface area contributed by atoms with E-state index in [2.05, 4.69) is 15.5 Å². The largest absolute Gasteiger partial charge is 0.477 e. The SMILES string of the molecule is C[C@H]1C(C(=O)O)=NO[C@@H]1Nc1ncc(C(F)(F)F)cc1Cl.